The third kappa shape index (κ3) is 4.72. The minimum atomic E-state index is -0.575. The number of carbonyl (C=O) groups excluding carboxylic acids is 2. The first-order chi connectivity index (χ1) is 10.5. The molecule has 1 aliphatic rings. The summed E-state index contributed by atoms with van der Waals surface area (Å²) in [7, 11) is 0. The first-order valence-corrected chi connectivity index (χ1v) is 7.02. The molecule has 0 aliphatic heterocycles. The number of nitrogens with zero attached hydrogens (tertiary/aromatic N) is 1. The zero-order chi connectivity index (χ0) is 15.9. The van der Waals surface area contributed by atoms with Crippen LogP contribution in [0.5, 0.6) is 5.75 Å². The highest BCUT2D eigenvalue weighted by molar-refractivity contribution is 5.95. The number of nitrogens with one attached hydrogen (secondary N) is 2. The quantitative estimate of drug-likeness (QED) is 0.636. The Morgan fingerprint density at radius 1 is 1.23 bits per heavy atom. The van der Waals surface area contributed by atoms with E-state index < -0.39 is 16.9 Å². The highest BCUT2D eigenvalue weighted by Gasteiger charge is 2.18. The number of benzene rings is 1. The van der Waals surface area contributed by atoms with Crippen LogP contribution in [0.3, 0.4) is 0 Å². The smallest absolute Gasteiger partial charge is 0.321 e. The number of nitro benzene ring substituents is 1. The van der Waals surface area contributed by atoms with Gasteiger partial charge in [0.1, 0.15) is 5.75 Å². The van der Waals surface area contributed by atoms with Crippen molar-refractivity contribution in [3.05, 3.63) is 34.4 Å². The molecule has 1 saturated carbocycles. The summed E-state index contributed by atoms with van der Waals surface area (Å²) in [6, 6.07) is 4.95. The van der Waals surface area contributed by atoms with E-state index in [4.69, 9.17) is 4.74 Å². The van der Waals surface area contributed by atoms with Crippen LogP contribution in [0.2, 0.25) is 0 Å². The molecule has 2 N–H and O–H groups in total. The first kappa shape index (κ1) is 15.7. The van der Waals surface area contributed by atoms with Crippen molar-refractivity contribution in [3.8, 4) is 5.75 Å². The lowest BCUT2D eigenvalue weighted by molar-refractivity contribution is -0.384. The van der Waals surface area contributed by atoms with Crippen molar-refractivity contribution in [2.75, 3.05) is 6.61 Å². The molecule has 0 spiro atoms. The van der Waals surface area contributed by atoms with Crippen LogP contribution in [0.4, 0.5) is 10.5 Å². The second-order valence-electron chi connectivity index (χ2n) is 5.04. The predicted molar refractivity (Wildman–Crippen MR) is 77.5 cm³/mol. The highest BCUT2D eigenvalue weighted by atomic mass is 16.6. The monoisotopic (exact) mass is 307 g/mol. The van der Waals surface area contributed by atoms with E-state index in [0.717, 1.165) is 25.7 Å². The molecule has 1 fully saturated rings. The first-order valence-electron chi connectivity index (χ1n) is 7.02. The molecular weight excluding hydrogens is 290 g/mol. The number of imide groups is 1. The molecule has 0 radical (unpaired) electrons. The Balaban J connectivity index is 1.72. The van der Waals surface area contributed by atoms with Gasteiger partial charge in [-0.2, -0.15) is 0 Å². The molecule has 0 unspecified atom stereocenters. The number of carbonyl (C=O) groups is 2. The molecule has 2 rings (SSSR count). The van der Waals surface area contributed by atoms with E-state index in [0.29, 0.717) is 5.75 Å². The number of amides is 3. The Labute approximate surface area is 127 Å². The second-order valence-corrected chi connectivity index (χ2v) is 5.04. The van der Waals surface area contributed by atoms with Crippen molar-refractivity contribution in [1.82, 2.24) is 10.6 Å². The van der Waals surface area contributed by atoms with Crippen molar-refractivity contribution < 1.29 is 19.2 Å². The molecule has 0 aromatic heterocycles. The molecule has 0 bridgehead atoms. The number of non-ortho nitro benzene ring substituents is 1. The number of hydrogen-bond donors (Lipinski definition) is 2. The van der Waals surface area contributed by atoms with Gasteiger partial charge in [-0.3, -0.25) is 20.2 Å². The van der Waals surface area contributed by atoms with Gasteiger partial charge < -0.3 is 10.1 Å². The number of urea groups is 1. The largest absolute Gasteiger partial charge is 0.484 e. The standard InChI is InChI=1S/C14H17N3O5/c18-13(16-14(19)15-10-3-1-2-4-10)9-22-12-7-5-11(6-8-12)17(20)21/h5-8,10H,1-4,9H2,(H2,15,16,18,19). The van der Waals surface area contributed by atoms with Crippen molar-refractivity contribution in [2.45, 2.75) is 31.7 Å². The molecule has 0 heterocycles. The molecule has 8 heteroatoms. The SMILES string of the molecule is O=C(COc1ccc([N+](=O)[O-])cc1)NC(=O)NC1CCCC1. The summed E-state index contributed by atoms with van der Waals surface area (Å²) in [5.74, 6) is -0.259. The van der Waals surface area contributed by atoms with E-state index in [1.165, 1.54) is 24.3 Å². The molecule has 0 atom stereocenters. The van der Waals surface area contributed by atoms with Gasteiger partial charge >= 0.3 is 6.03 Å². The molecule has 118 valence electrons. The van der Waals surface area contributed by atoms with E-state index in [2.05, 4.69) is 10.6 Å². The topological polar surface area (TPSA) is 111 Å². The minimum absolute atomic E-state index is 0.0623. The molecule has 0 saturated heterocycles. The van der Waals surface area contributed by atoms with Crippen LogP contribution >= 0.6 is 0 Å². The predicted octanol–water partition coefficient (Wildman–Crippen LogP) is 1.74. The molecule has 1 aromatic rings. The van der Waals surface area contributed by atoms with Gasteiger partial charge in [0.15, 0.2) is 6.61 Å². The third-order valence-corrected chi connectivity index (χ3v) is 3.36. The summed E-state index contributed by atoms with van der Waals surface area (Å²) in [4.78, 5) is 33.1. The molecule has 22 heavy (non-hydrogen) atoms. The Morgan fingerprint density at radius 2 is 1.86 bits per heavy atom. The summed E-state index contributed by atoms with van der Waals surface area (Å²) < 4.78 is 5.16. The Kier molecular flexibility index (Phi) is 5.29. The number of hydrogen-bond acceptors (Lipinski definition) is 5. The zero-order valence-electron chi connectivity index (χ0n) is 11.9. The number of nitro groups is 1. The fourth-order valence-electron chi connectivity index (χ4n) is 2.27. The van der Waals surface area contributed by atoms with E-state index in [1.54, 1.807) is 0 Å². The fourth-order valence-corrected chi connectivity index (χ4v) is 2.27. The van der Waals surface area contributed by atoms with E-state index in [1.807, 2.05) is 0 Å². The Morgan fingerprint density at radius 3 is 2.45 bits per heavy atom. The van der Waals surface area contributed by atoms with Gasteiger partial charge in [0.05, 0.1) is 4.92 Å². The van der Waals surface area contributed by atoms with Gasteiger partial charge in [-0.05, 0) is 25.0 Å². The summed E-state index contributed by atoms with van der Waals surface area (Å²) in [5, 5.41) is 15.4. The normalized spacial score (nSPS) is 14.4. The third-order valence-electron chi connectivity index (χ3n) is 3.36. The lowest BCUT2D eigenvalue weighted by Crippen LogP contribution is -2.45. The molecule has 3 amide bonds. The number of ether oxygens (including phenoxy) is 1. The van der Waals surface area contributed by atoms with Crippen LogP contribution in [-0.4, -0.2) is 29.5 Å². The van der Waals surface area contributed by atoms with Crippen LogP contribution in [0.15, 0.2) is 24.3 Å². The summed E-state index contributed by atoms with van der Waals surface area (Å²) >= 11 is 0. The molecular formula is C14H17N3O5. The molecule has 1 aliphatic carbocycles. The Hall–Kier alpha value is -2.64. The highest BCUT2D eigenvalue weighted by Crippen LogP contribution is 2.18. The Bertz CT molecular complexity index is 552. The van der Waals surface area contributed by atoms with Gasteiger partial charge in [-0.15, -0.1) is 0 Å². The van der Waals surface area contributed by atoms with Gasteiger partial charge in [0.2, 0.25) is 0 Å². The summed E-state index contributed by atoms with van der Waals surface area (Å²) in [6.07, 6.45) is 4.03. The average Bonchev–Trinajstić information content (AvgIpc) is 2.98. The maximum absolute atomic E-state index is 11.6. The van der Waals surface area contributed by atoms with Crippen molar-refractivity contribution in [2.24, 2.45) is 0 Å². The maximum Gasteiger partial charge on any atom is 0.321 e. The summed E-state index contributed by atoms with van der Waals surface area (Å²) in [6.45, 7) is -0.337. The summed E-state index contributed by atoms with van der Waals surface area (Å²) in [5.41, 5.74) is -0.0623. The number of rotatable bonds is 5. The average molecular weight is 307 g/mol. The maximum atomic E-state index is 11.6. The van der Waals surface area contributed by atoms with Crippen LogP contribution in [0.1, 0.15) is 25.7 Å². The van der Waals surface area contributed by atoms with Crippen LogP contribution < -0.4 is 15.4 Å². The zero-order valence-corrected chi connectivity index (χ0v) is 11.9. The van der Waals surface area contributed by atoms with Crippen molar-refractivity contribution >= 4 is 17.6 Å². The van der Waals surface area contributed by atoms with Crippen LogP contribution in [0, 0.1) is 10.1 Å². The lowest BCUT2D eigenvalue weighted by atomic mass is 10.2. The van der Waals surface area contributed by atoms with E-state index in [9.17, 15) is 19.7 Å². The van der Waals surface area contributed by atoms with Crippen LogP contribution in [-0.2, 0) is 4.79 Å². The van der Waals surface area contributed by atoms with Gasteiger partial charge in [-0.1, -0.05) is 12.8 Å². The van der Waals surface area contributed by atoms with E-state index >= 15 is 0 Å². The van der Waals surface area contributed by atoms with Crippen molar-refractivity contribution in [3.63, 3.8) is 0 Å². The van der Waals surface area contributed by atoms with Gasteiger partial charge in [0.25, 0.3) is 11.6 Å². The fraction of sp³-hybridized carbons (Fsp3) is 0.429. The molecule has 1 aromatic carbocycles. The molecule has 8 nitrogen and oxygen atoms in total. The minimum Gasteiger partial charge on any atom is -0.484 e. The van der Waals surface area contributed by atoms with Crippen LogP contribution in [0.25, 0.3) is 0 Å². The van der Waals surface area contributed by atoms with Gasteiger partial charge in [0, 0.05) is 18.2 Å². The van der Waals surface area contributed by atoms with E-state index in [-0.39, 0.29) is 18.3 Å². The van der Waals surface area contributed by atoms with Gasteiger partial charge in [-0.25, -0.2) is 4.79 Å². The second kappa shape index (κ2) is 7.39. The van der Waals surface area contributed by atoms with Crippen molar-refractivity contribution in [1.29, 1.82) is 0 Å². The lowest BCUT2D eigenvalue weighted by Gasteiger charge is -2.12.